The first-order valence-electron chi connectivity index (χ1n) is 13.0. The second-order valence-electron chi connectivity index (χ2n) is 10.2. The van der Waals surface area contributed by atoms with Gasteiger partial charge in [0.05, 0.1) is 5.71 Å². The molecule has 6 nitrogen and oxygen atoms in total. The Morgan fingerprint density at radius 3 is 2.44 bits per heavy atom. The Kier molecular flexibility index (Phi) is 7.49. The van der Waals surface area contributed by atoms with Gasteiger partial charge in [-0.1, -0.05) is 39.3 Å². The molecule has 3 aromatic rings. The predicted molar refractivity (Wildman–Crippen MR) is 148 cm³/mol. The van der Waals surface area contributed by atoms with Gasteiger partial charge in [0, 0.05) is 46.3 Å². The number of oxime groups is 1. The summed E-state index contributed by atoms with van der Waals surface area (Å²) in [7, 11) is 0. The molecular formula is C29H35BrN4O2. The first-order valence-corrected chi connectivity index (χ1v) is 13.8. The highest BCUT2D eigenvalue weighted by molar-refractivity contribution is 9.10. The van der Waals surface area contributed by atoms with E-state index in [1.807, 2.05) is 42.3 Å². The summed E-state index contributed by atoms with van der Waals surface area (Å²) in [5.41, 5.74) is 4.11. The molecule has 7 heteroatoms. The van der Waals surface area contributed by atoms with Crippen LogP contribution in [-0.4, -0.2) is 64.7 Å². The summed E-state index contributed by atoms with van der Waals surface area (Å²) in [5, 5.41) is 5.67. The first kappa shape index (κ1) is 25.0. The van der Waals surface area contributed by atoms with Crippen molar-refractivity contribution in [2.45, 2.75) is 45.1 Å². The summed E-state index contributed by atoms with van der Waals surface area (Å²) >= 11 is 3.53. The lowest BCUT2D eigenvalue weighted by Crippen LogP contribution is -2.56. The van der Waals surface area contributed by atoms with Gasteiger partial charge >= 0.3 is 0 Å². The van der Waals surface area contributed by atoms with Gasteiger partial charge in [-0.05, 0) is 93.9 Å². The molecule has 2 fully saturated rings. The minimum atomic E-state index is 0.125. The van der Waals surface area contributed by atoms with Crippen LogP contribution in [0.15, 0.2) is 64.4 Å². The topological polar surface area (TPSA) is 60.9 Å². The number of benzene rings is 2. The molecule has 2 aliphatic heterocycles. The van der Waals surface area contributed by atoms with Gasteiger partial charge in [0.1, 0.15) is 6.61 Å². The van der Waals surface area contributed by atoms with Crippen LogP contribution in [0, 0.1) is 5.92 Å². The second-order valence-corrected chi connectivity index (χ2v) is 11.1. The zero-order valence-corrected chi connectivity index (χ0v) is 22.8. The van der Waals surface area contributed by atoms with E-state index in [4.69, 9.17) is 4.84 Å². The highest BCUT2D eigenvalue weighted by Crippen LogP contribution is 2.34. The largest absolute Gasteiger partial charge is 0.396 e. The van der Waals surface area contributed by atoms with Gasteiger partial charge in [-0.25, -0.2) is 0 Å². The summed E-state index contributed by atoms with van der Waals surface area (Å²) in [6, 6.07) is 16.4. The van der Waals surface area contributed by atoms with Crippen molar-refractivity contribution in [1.29, 1.82) is 0 Å². The normalized spacial score (nSPS) is 19.5. The summed E-state index contributed by atoms with van der Waals surface area (Å²) in [6.45, 7) is 8.61. The predicted octanol–water partition coefficient (Wildman–Crippen LogP) is 6.08. The zero-order chi connectivity index (χ0) is 25.1. The molecule has 2 saturated heterocycles. The van der Waals surface area contributed by atoms with E-state index in [1.165, 1.54) is 0 Å². The maximum atomic E-state index is 13.2. The summed E-state index contributed by atoms with van der Waals surface area (Å²) < 4.78 is 1.07. The molecule has 190 valence electrons. The molecule has 3 heterocycles. The van der Waals surface area contributed by atoms with Crippen molar-refractivity contribution in [2.24, 2.45) is 11.1 Å². The average molecular weight is 552 g/mol. The number of H-pyrrole nitrogens is 1. The van der Waals surface area contributed by atoms with Gasteiger partial charge in [-0.2, -0.15) is 0 Å². The third kappa shape index (κ3) is 5.23. The Hall–Kier alpha value is -2.64. The van der Waals surface area contributed by atoms with E-state index in [0.29, 0.717) is 12.5 Å². The maximum Gasteiger partial charge on any atom is 0.253 e. The standard InChI is InChI=1S/C29H35BrN4O2/c1-3-36-32-27(22-6-8-25(30)9-7-22)23-11-16-34(17-12-23)29(2)13-18-33(19-14-29)28(35)24-5-4-21-10-15-31-26(21)20-24/h4-10,15,20,23,31H,3,11-14,16-19H2,1-2H3. The van der Waals surface area contributed by atoms with Gasteiger partial charge in [0.25, 0.3) is 5.91 Å². The summed E-state index contributed by atoms with van der Waals surface area (Å²) in [4.78, 5) is 26.6. The zero-order valence-electron chi connectivity index (χ0n) is 21.2. The molecular weight excluding hydrogens is 516 g/mol. The second kappa shape index (κ2) is 10.8. The van der Waals surface area contributed by atoms with E-state index in [-0.39, 0.29) is 11.4 Å². The number of nitrogens with zero attached hydrogens (tertiary/aromatic N) is 3. The van der Waals surface area contributed by atoms with Crippen LogP contribution >= 0.6 is 15.9 Å². The third-order valence-electron chi connectivity index (χ3n) is 8.01. The van der Waals surface area contributed by atoms with Crippen LogP contribution in [0.25, 0.3) is 10.9 Å². The Morgan fingerprint density at radius 1 is 1.06 bits per heavy atom. The van der Waals surface area contributed by atoms with Gasteiger partial charge in [0.2, 0.25) is 0 Å². The minimum Gasteiger partial charge on any atom is -0.396 e. The van der Waals surface area contributed by atoms with E-state index in [0.717, 1.165) is 84.1 Å². The number of hydrogen-bond donors (Lipinski definition) is 1. The van der Waals surface area contributed by atoms with Crippen LogP contribution in [0.4, 0.5) is 0 Å². The van der Waals surface area contributed by atoms with Crippen LogP contribution < -0.4 is 0 Å². The minimum absolute atomic E-state index is 0.125. The fourth-order valence-electron chi connectivity index (χ4n) is 5.68. The molecule has 0 aliphatic carbocycles. The van der Waals surface area contributed by atoms with Gasteiger partial charge in [-0.15, -0.1) is 0 Å². The molecule has 36 heavy (non-hydrogen) atoms. The Balaban J connectivity index is 1.19. The van der Waals surface area contributed by atoms with Crippen molar-refractivity contribution in [1.82, 2.24) is 14.8 Å². The van der Waals surface area contributed by atoms with Crippen molar-refractivity contribution in [3.63, 3.8) is 0 Å². The highest BCUT2D eigenvalue weighted by atomic mass is 79.9. The number of hydrogen-bond acceptors (Lipinski definition) is 4. The number of aromatic nitrogens is 1. The van der Waals surface area contributed by atoms with Crippen LogP contribution in [-0.2, 0) is 4.84 Å². The molecule has 5 rings (SSSR count). The molecule has 0 unspecified atom stereocenters. The van der Waals surface area contributed by atoms with Crippen LogP contribution in [0.3, 0.4) is 0 Å². The number of fused-ring (bicyclic) bond motifs is 1. The van der Waals surface area contributed by atoms with Crippen molar-refractivity contribution in [3.8, 4) is 0 Å². The number of amides is 1. The lowest BCUT2D eigenvalue weighted by molar-refractivity contribution is 0.0161. The van der Waals surface area contributed by atoms with E-state index < -0.39 is 0 Å². The summed E-state index contributed by atoms with van der Waals surface area (Å²) in [6.07, 6.45) is 6.05. The fraction of sp³-hybridized carbons (Fsp3) is 0.448. The van der Waals surface area contributed by atoms with E-state index in [1.54, 1.807) is 0 Å². The highest BCUT2D eigenvalue weighted by Gasteiger charge is 2.39. The number of carbonyl (C=O) groups is 1. The lowest BCUT2D eigenvalue weighted by atomic mass is 9.82. The lowest BCUT2D eigenvalue weighted by Gasteiger charge is -2.49. The van der Waals surface area contributed by atoms with Crippen LogP contribution in [0.2, 0.25) is 0 Å². The van der Waals surface area contributed by atoms with Gasteiger partial charge < -0.3 is 14.7 Å². The first-order chi connectivity index (χ1) is 17.5. The van der Waals surface area contributed by atoms with Crippen molar-refractivity contribution in [2.75, 3.05) is 32.8 Å². The molecule has 2 aromatic carbocycles. The van der Waals surface area contributed by atoms with Crippen molar-refractivity contribution >= 4 is 38.5 Å². The van der Waals surface area contributed by atoms with Crippen molar-refractivity contribution < 1.29 is 9.63 Å². The van der Waals surface area contributed by atoms with Crippen LogP contribution in [0.5, 0.6) is 0 Å². The Labute approximate surface area is 221 Å². The molecule has 0 bridgehead atoms. The quantitative estimate of drug-likeness (QED) is 0.299. The van der Waals surface area contributed by atoms with E-state index in [9.17, 15) is 4.79 Å². The fourth-order valence-corrected chi connectivity index (χ4v) is 5.95. The molecule has 1 N–H and O–H groups in total. The maximum absolute atomic E-state index is 13.2. The molecule has 0 spiro atoms. The average Bonchev–Trinajstić information content (AvgIpc) is 3.38. The molecule has 0 radical (unpaired) electrons. The molecule has 1 aromatic heterocycles. The monoisotopic (exact) mass is 550 g/mol. The molecule has 0 atom stereocenters. The molecule has 2 aliphatic rings. The third-order valence-corrected chi connectivity index (χ3v) is 8.54. The van der Waals surface area contributed by atoms with Crippen molar-refractivity contribution in [3.05, 3.63) is 70.3 Å². The summed E-state index contributed by atoms with van der Waals surface area (Å²) in [5.74, 6) is 0.528. The number of rotatable bonds is 6. The Morgan fingerprint density at radius 2 is 1.75 bits per heavy atom. The van der Waals surface area contributed by atoms with Gasteiger partial charge in [-0.3, -0.25) is 9.69 Å². The molecule has 0 saturated carbocycles. The number of piperidine rings is 2. The number of carbonyl (C=O) groups excluding carboxylic acids is 1. The number of likely N-dealkylation sites (tertiary alicyclic amines) is 2. The number of aromatic amines is 1. The van der Waals surface area contributed by atoms with E-state index in [2.05, 4.69) is 62.2 Å². The smallest absolute Gasteiger partial charge is 0.253 e. The number of nitrogens with one attached hydrogen (secondary N) is 1. The number of halogens is 1. The van der Waals surface area contributed by atoms with E-state index >= 15 is 0 Å². The van der Waals surface area contributed by atoms with Crippen LogP contribution in [0.1, 0.15) is 55.5 Å². The SMILES string of the molecule is CCON=C(c1ccc(Br)cc1)C1CCN(C2(C)CCN(C(=O)c3ccc4cc[nH]c4c3)CC2)CC1. The van der Waals surface area contributed by atoms with Gasteiger partial charge in [0.15, 0.2) is 0 Å². The molecule has 1 amide bonds. The Bertz CT molecular complexity index is 1220.